The van der Waals surface area contributed by atoms with Gasteiger partial charge in [0, 0.05) is 21.2 Å². The first-order valence-corrected chi connectivity index (χ1v) is 13.6. The van der Waals surface area contributed by atoms with E-state index < -0.39 is 28.4 Å². The van der Waals surface area contributed by atoms with Crippen molar-refractivity contribution in [2.75, 3.05) is 13.2 Å². The topological polar surface area (TPSA) is 102 Å². The molecular formula is C20H15Cl4FN4O4S2. The van der Waals surface area contributed by atoms with Crippen LogP contribution in [0.1, 0.15) is 16.8 Å². The first kappa shape index (κ1) is 26.2. The maximum atomic E-state index is 15.2. The lowest BCUT2D eigenvalue weighted by molar-refractivity contribution is 0.144. The molecule has 2 N–H and O–H groups in total. The maximum absolute atomic E-state index is 15.2. The fraction of sp³-hybridized carbons (Fsp3) is 0.200. The van der Waals surface area contributed by atoms with E-state index in [-0.39, 0.29) is 38.9 Å². The van der Waals surface area contributed by atoms with Crippen molar-refractivity contribution in [2.45, 2.75) is 17.4 Å². The Bertz CT molecular complexity index is 1420. The van der Waals surface area contributed by atoms with Gasteiger partial charge in [-0.1, -0.05) is 52.5 Å². The van der Waals surface area contributed by atoms with Crippen molar-refractivity contribution < 1.29 is 22.3 Å². The number of rotatable bonds is 6. The average Bonchev–Trinajstić information content (AvgIpc) is 3.37. The van der Waals surface area contributed by atoms with Crippen molar-refractivity contribution in [2.24, 2.45) is 0 Å². The number of sulfonamides is 1. The lowest BCUT2D eigenvalue weighted by Gasteiger charge is -2.20. The molecule has 35 heavy (non-hydrogen) atoms. The number of nitrogens with one attached hydrogen (secondary N) is 2. The van der Waals surface area contributed by atoms with Crippen LogP contribution in [0.4, 0.5) is 9.18 Å². The summed E-state index contributed by atoms with van der Waals surface area (Å²) in [6, 6.07) is 5.02. The lowest BCUT2D eigenvalue weighted by Crippen LogP contribution is -2.39. The number of carbonyl (C=O) groups is 1. The number of amides is 2. The van der Waals surface area contributed by atoms with Crippen LogP contribution in [0, 0.1) is 0 Å². The van der Waals surface area contributed by atoms with Gasteiger partial charge in [-0.2, -0.15) is 5.10 Å². The normalized spacial score (nSPS) is 15.0. The molecule has 1 aliphatic rings. The van der Waals surface area contributed by atoms with Gasteiger partial charge in [0.25, 0.3) is 10.0 Å². The minimum Gasteiger partial charge on any atom is -0.372 e. The number of thiophene rings is 1. The van der Waals surface area contributed by atoms with E-state index in [0.29, 0.717) is 32.6 Å². The molecule has 2 amide bonds. The Kier molecular flexibility index (Phi) is 7.96. The second kappa shape index (κ2) is 10.6. The smallest absolute Gasteiger partial charge is 0.329 e. The van der Waals surface area contributed by atoms with E-state index >= 15 is 4.39 Å². The summed E-state index contributed by atoms with van der Waals surface area (Å²) in [5, 5.41) is 7.47. The van der Waals surface area contributed by atoms with E-state index in [9.17, 15) is 13.2 Å². The van der Waals surface area contributed by atoms with E-state index in [2.05, 4.69) is 10.4 Å². The van der Waals surface area contributed by atoms with Gasteiger partial charge < -0.3 is 10.1 Å². The van der Waals surface area contributed by atoms with Gasteiger partial charge >= 0.3 is 6.03 Å². The first-order valence-electron chi connectivity index (χ1n) is 9.75. The van der Waals surface area contributed by atoms with Crippen LogP contribution in [0.15, 0.2) is 40.5 Å². The van der Waals surface area contributed by atoms with Crippen molar-refractivity contribution >= 4 is 79.4 Å². The van der Waals surface area contributed by atoms with E-state index in [1.54, 1.807) is 33.8 Å². The summed E-state index contributed by atoms with van der Waals surface area (Å²) in [5.74, 6) is -0.718. The van der Waals surface area contributed by atoms with Crippen LogP contribution < -0.4 is 10.0 Å². The number of nitrogens with zero attached hydrogens (tertiary/aromatic N) is 2. The van der Waals surface area contributed by atoms with Crippen molar-refractivity contribution in [3.63, 3.8) is 0 Å². The van der Waals surface area contributed by atoms with Crippen molar-refractivity contribution in [3.8, 4) is 0 Å². The molecule has 15 heteroatoms. The molecule has 8 nitrogen and oxygen atoms in total. The average molecular weight is 600 g/mol. The Morgan fingerprint density at radius 3 is 2.63 bits per heavy atom. The van der Waals surface area contributed by atoms with Gasteiger partial charge in [-0.05, 0) is 23.8 Å². The zero-order valence-electron chi connectivity index (χ0n) is 17.4. The second-order valence-corrected chi connectivity index (χ2v) is 12.1. The van der Waals surface area contributed by atoms with Crippen LogP contribution in [-0.4, -0.2) is 37.4 Å². The van der Waals surface area contributed by atoms with Crippen molar-refractivity contribution in [1.29, 1.82) is 0 Å². The fourth-order valence-electron chi connectivity index (χ4n) is 3.28. The molecule has 0 unspecified atom stereocenters. The Labute approximate surface area is 223 Å². The second-order valence-electron chi connectivity index (χ2n) is 7.26. The molecule has 0 bridgehead atoms. The van der Waals surface area contributed by atoms with E-state index in [1.165, 1.54) is 0 Å². The Morgan fingerprint density at radius 2 is 1.94 bits per heavy atom. The summed E-state index contributed by atoms with van der Waals surface area (Å²) in [5.41, 5.74) is 2.06. The lowest BCUT2D eigenvalue weighted by atomic mass is 10.1. The van der Waals surface area contributed by atoms with Gasteiger partial charge in [0.15, 0.2) is 0 Å². The van der Waals surface area contributed by atoms with E-state index in [0.717, 1.165) is 11.6 Å². The largest absolute Gasteiger partial charge is 0.372 e. The Hall–Kier alpha value is -1.86. The highest BCUT2D eigenvalue weighted by Crippen LogP contribution is 2.34. The molecule has 4 rings (SSSR count). The summed E-state index contributed by atoms with van der Waals surface area (Å²) in [4.78, 5) is 12.2. The highest BCUT2D eigenvalue weighted by Gasteiger charge is 2.26. The van der Waals surface area contributed by atoms with Crippen LogP contribution in [-0.2, 0) is 27.9 Å². The van der Waals surface area contributed by atoms with Gasteiger partial charge in [0.05, 0.1) is 43.2 Å². The minimum atomic E-state index is -4.23. The van der Waals surface area contributed by atoms with Crippen LogP contribution >= 0.6 is 57.7 Å². The van der Waals surface area contributed by atoms with Crippen molar-refractivity contribution in [1.82, 2.24) is 19.8 Å². The molecule has 1 aromatic carbocycles. The summed E-state index contributed by atoms with van der Waals surface area (Å²) in [7, 11) is -4.23. The number of halogens is 5. The maximum Gasteiger partial charge on any atom is 0.329 e. The molecule has 2 aromatic heterocycles. The summed E-state index contributed by atoms with van der Waals surface area (Å²) in [6.45, 7) is -0.163. The van der Waals surface area contributed by atoms with Crippen LogP contribution in [0.25, 0.3) is 5.57 Å². The third kappa shape index (κ3) is 5.93. The number of urea groups is 1. The molecule has 0 atom stereocenters. The number of carbonyl (C=O) groups excluding carboxylic acids is 1. The molecule has 0 aliphatic carbocycles. The zero-order valence-corrected chi connectivity index (χ0v) is 22.1. The molecule has 0 fully saturated rings. The Morgan fingerprint density at radius 1 is 1.17 bits per heavy atom. The standard InChI is InChI=1S/C20H15Cl4FN4O4S2/c21-12-2-1-10(14(22)3-12)7-29-18-11(5-27-29)8-33-9-13(18)16(25)6-26-20(30)28-35(31,32)17-4-15(23)19(24)34-17/h1-5H,6-9H2,(H2,26,28,30)/b16-13-. The number of fused-ring (bicyclic) bond motifs is 1. The third-order valence-corrected chi connectivity index (χ3v) is 9.14. The molecule has 1 aliphatic heterocycles. The number of aromatic nitrogens is 2. The van der Waals surface area contributed by atoms with E-state index in [4.69, 9.17) is 51.1 Å². The van der Waals surface area contributed by atoms with Gasteiger partial charge in [-0.25, -0.2) is 22.3 Å². The van der Waals surface area contributed by atoms with Gasteiger partial charge in [0.1, 0.15) is 14.4 Å². The zero-order chi connectivity index (χ0) is 25.3. The first-order chi connectivity index (χ1) is 16.5. The van der Waals surface area contributed by atoms with Crippen LogP contribution in [0.2, 0.25) is 19.4 Å². The third-order valence-electron chi connectivity index (χ3n) is 4.89. The van der Waals surface area contributed by atoms with E-state index in [1.807, 2.05) is 0 Å². The van der Waals surface area contributed by atoms with Crippen molar-refractivity contribution in [3.05, 3.63) is 72.5 Å². The minimum absolute atomic E-state index is 0.0397. The monoisotopic (exact) mass is 598 g/mol. The molecule has 0 saturated carbocycles. The summed E-state index contributed by atoms with van der Waals surface area (Å²) >= 11 is 24.5. The quantitative estimate of drug-likeness (QED) is 0.389. The van der Waals surface area contributed by atoms with Crippen LogP contribution in [0.3, 0.4) is 0 Å². The molecule has 3 aromatic rings. The highest BCUT2D eigenvalue weighted by atomic mass is 35.5. The number of hydrogen-bond acceptors (Lipinski definition) is 6. The SMILES string of the molecule is O=C(NC/C(F)=C1\COCc2cnn(Cc3ccc(Cl)cc3Cl)c21)NS(=O)(=O)c1cc(Cl)c(Cl)s1. The number of ether oxygens (including phenoxy) is 1. The molecular weight excluding hydrogens is 585 g/mol. The summed E-state index contributed by atoms with van der Waals surface area (Å²) < 4.78 is 48.4. The molecule has 3 heterocycles. The molecule has 186 valence electrons. The van der Waals surface area contributed by atoms with Gasteiger partial charge in [0.2, 0.25) is 0 Å². The molecule has 0 radical (unpaired) electrons. The predicted molar refractivity (Wildman–Crippen MR) is 134 cm³/mol. The molecule has 0 saturated heterocycles. The molecule has 0 spiro atoms. The number of benzene rings is 1. The Balaban J connectivity index is 1.50. The summed E-state index contributed by atoms with van der Waals surface area (Å²) in [6.07, 6.45) is 1.57. The predicted octanol–water partition coefficient (Wildman–Crippen LogP) is 5.51. The van der Waals surface area contributed by atoms with Gasteiger partial charge in [-0.3, -0.25) is 4.68 Å². The highest BCUT2D eigenvalue weighted by molar-refractivity contribution is 7.92. The van der Waals surface area contributed by atoms with Gasteiger partial charge in [-0.15, -0.1) is 11.3 Å². The fourth-order valence-corrected chi connectivity index (χ4v) is 6.56. The van der Waals surface area contributed by atoms with Crippen LogP contribution in [0.5, 0.6) is 0 Å². The number of hydrogen-bond donors (Lipinski definition) is 2.